The highest BCUT2D eigenvalue weighted by Gasteiger charge is 2.13. The summed E-state index contributed by atoms with van der Waals surface area (Å²) in [6.07, 6.45) is 3.11. The number of carboxylic acid groups (broad SMARTS) is 1. The van der Waals surface area contributed by atoms with Crippen molar-refractivity contribution >= 4 is 46.8 Å². The first kappa shape index (κ1) is 20.2. The average molecular weight is 426 g/mol. The van der Waals surface area contributed by atoms with Crippen LogP contribution < -0.4 is 5.32 Å². The van der Waals surface area contributed by atoms with Crippen LogP contribution in [0.25, 0.3) is 11.8 Å². The van der Waals surface area contributed by atoms with Crippen molar-refractivity contribution in [3.8, 4) is 11.8 Å². The van der Waals surface area contributed by atoms with Crippen LogP contribution in [0.15, 0.2) is 66.4 Å². The Bertz CT molecular complexity index is 1180. The summed E-state index contributed by atoms with van der Waals surface area (Å²) in [6.45, 7) is 0. The van der Waals surface area contributed by atoms with E-state index in [4.69, 9.17) is 23.2 Å². The van der Waals surface area contributed by atoms with Crippen molar-refractivity contribution in [1.29, 1.82) is 5.26 Å². The number of nitriles is 1. The van der Waals surface area contributed by atoms with Crippen molar-refractivity contribution in [2.75, 3.05) is 5.32 Å². The molecule has 1 amide bonds. The molecule has 3 rings (SSSR count). The summed E-state index contributed by atoms with van der Waals surface area (Å²) in [5.74, 6) is -1.68. The number of nitrogens with one attached hydrogen (secondary N) is 1. The lowest BCUT2D eigenvalue weighted by molar-refractivity contribution is -0.112. The summed E-state index contributed by atoms with van der Waals surface area (Å²) in [4.78, 5) is 23.7. The zero-order valence-corrected chi connectivity index (χ0v) is 16.3. The van der Waals surface area contributed by atoms with Crippen LogP contribution in [0.4, 0.5) is 5.69 Å². The lowest BCUT2D eigenvalue weighted by Crippen LogP contribution is -2.14. The first-order valence-electron chi connectivity index (χ1n) is 8.28. The number of hydrogen-bond acceptors (Lipinski definition) is 3. The highest BCUT2D eigenvalue weighted by Crippen LogP contribution is 2.26. The Hall–Kier alpha value is -3.53. The predicted octanol–water partition coefficient (Wildman–Crippen LogP) is 5.03. The first-order valence-corrected chi connectivity index (χ1v) is 9.04. The Kier molecular flexibility index (Phi) is 6.03. The standard InChI is InChI=1S/C21H13Cl2N3O3/c22-15-6-7-19(18(23)11-15)25-20(27)14(12-24)10-17-5-2-8-26(17)16-4-1-3-13(9-16)21(28)29/h1-11H,(H,25,27)(H,28,29). The molecule has 3 aromatic rings. The van der Waals surface area contributed by atoms with E-state index in [0.717, 1.165) is 0 Å². The maximum absolute atomic E-state index is 12.5. The van der Waals surface area contributed by atoms with E-state index in [2.05, 4.69) is 5.32 Å². The van der Waals surface area contributed by atoms with Gasteiger partial charge < -0.3 is 15.0 Å². The van der Waals surface area contributed by atoms with Crippen molar-refractivity contribution in [2.45, 2.75) is 0 Å². The zero-order chi connectivity index (χ0) is 21.0. The van der Waals surface area contributed by atoms with Crippen LogP contribution in [0.2, 0.25) is 10.0 Å². The predicted molar refractivity (Wildman–Crippen MR) is 111 cm³/mol. The number of hydrogen-bond donors (Lipinski definition) is 2. The number of benzene rings is 2. The van der Waals surface area contributed by atoms with Gasteiger partial charge in [0.25, 0.3) is 5.91 Å². The fraction of sp³-hybridized carbons (Fsp3) is 0. The minimum Gasteiger partial charge on any atom is -0.478 e. The molecule has 0 saturated carbocycles. The molecule has 0 atom stereocenters. The molecule has 0 fully saturated rings. The molecule has 6 nitrogen and oxygen atoms in total. The molecule has 0 aliphatic carbocycles. The van der Waals surface area contributed by atoms with Gasteiger partial charge >= 0.3 is 5.97 Å². The molecular weight excluding hydrogens is 413 g/mol. The van der Waals surface area contributed by atoms with E-state index in [0.29, 0.717) is 22.1 Å². The molecule has 1 heterocycles. The molecule has 0 bridgehead atoms. The van der Waals surface area contributed by atoms with Crippen molar-refractivity contribution in [3.05, 3.63) is 87.7 Å². The number of amides is 1. The minimum absolute atomic E-state index is 0.127. The fourth-order valence-corrected chi connectivity index (χ4v) is 3.07. The van der Waals surface area contributed by atoms with Gasteiger partial charge in [0.15, 0.2) is 0 Å². The van der Waals surface area contributed by atoms with Gasteiger partial charge in [-0.3, -0.25) is 4.79 Å². The molecule has 8 heteroatoms. The number of carboxylic acids is 1. The van der Waals surface area contributed by atoms with Gasteiger partial charge in [0.2, 0.25) is 0 Å². The summed E-state index contributed by atoms with van der Waals surface area (Å²) in [7, 11) is 0. The summed E-state index contributed by atoms with van der Waals surface area (Å²) in [6, 6.07) is 16.2. The van der Waals surface area contributed by atoms with Gasteiger partial charge in [-0.1, -0.05) is 29.3 Å². The van der Waals surface area contributed by atoms with Crippen LogP contribution >= 0.6 is 23.2 Å². The van der Waals surface area contributed by atoms with Crippen LogP contribution in [0.1, 0.15) is 16.1 Å². The number of halogens is 2. The van der Waals surface area contributed by atoms with Gasteiger partial charge in [0, 0.05) is 22.6 Å². The third kappa shape index (κ3) is 4.66. The fourth-order valence-electron chi connectivity index (χ4n) is 2.61. The maximum atomic E-state index is 12.5. The van der Waals surface area contributed by atoms with E-state index in [1.165, 1.54) is 30.3 Å². The Morgan fingerprint density at radius 3 is 2.59 bits per heavy atom. The van der Waals surface area contributed by atoms with Gasteiger partial charge in [-0.05, 0) is 54.6 Å². The van der Waals surface area contributed by atoms with Gasteiger partial charge in [-0.25, -0.2) is 4.79 Å². The monoisotopic (exact) mass is 425 g/mol. The zero-order valence-electron chi connectivity index (χ0n) is 14.8. The smallest absolute Gasteiger partial charge is 0.335 e. The Labute approximate surface area is 176 Å². The number of carbonyl (C=O) groups is 2. The number of rotatable bonds is 5. The SMILES string of the molecule is N#CC(=Cc1cccn1-c1cccc(C(=O)O)c1)C(=O)Nc1ccc(Cl)cc1Cl. The molecular formula is C21H13Cl2N3O3. The van der Waals surface area contributed by atoms with Crippen molar-refractivity contribution in [3.63, 3.8) is 0 Å². The van der Waals surface area contributed by atoms with Gasteiger partial charge in [0.1, 0.15) is 11.6 Å². The highest BCUT2D eigenvalue weighted by molar-refractivity contribution is 6.36. The second kappa shape index (κ2) is 8.65. The largest absolute Gasteiger partial charge is 0.478 e. The average Bonchev–Trinajstić information content (AvgIpc) is 3.16. The Morgan fingerprint density at radius 1 is 1.10 bits per heavy atom. The number of anilines is 1. The Morgan fingerprint density at radius 2 is 1.90 bits per heavy atom. The summed E-state index contributed by atoms with van der Waals surface area (Å²) < 4.78 is 1.67. The number of nitrogens with zero attached hydrogens (tertiary/aromatic N) is 2. The number of carbonyl (C=O) groups excluding carboxylic acids is 1. The molecule has 0 spiro atoms. The molecule has 144 valence electrons. The topological polar surface area (TPSA) is 95.1 Å². The first-order chi connectivity index (χ1) is 13.9. The van der Waals surface area contributed by atoms with E-state index in [9.17, 15) is 20.0 Å². The third-order valence-electron chi connectivity index (χ3n) is 3.99. The second-order valence-corrected chi connectivity index (χ2v) is 6.75. The minimum atomic E-state index is -1.05. The molecule has 0 aliphatic heterocycles. The van der Waals surface area contributed by atoms with Crippen LogP contribution in [-0.2, 0) is 4.79 Å². The molecule has 1 aromatic heterocycles. The lowest BCUT2D eigenvalue weighted by atomic mass is 10.2. The van der Waals surface area contributed by atoms with Gasteiger partial charge in [0.05, 0.1) is 16.3 Å². The van der Waals surface area contributed by atoms with Crippen LogP contribution in [0, 0.1) is 11.3 Å². The number of aromatic nitrogens is 1. The van der Waals surface area contributed by atoms with Crippen molar-refractivity contribution < 1.29 is 14.7 Å². The second-order valence-electron chi connectivity index (χ2n) is 5.91. The summed E-state index contributed by atoms with van der Waals surface area (Å²) in [5, 5.41) is 21.9. The molecule has 0 unspecified atom stereocenters. The highest BCUT2D eigenvalue weighted by atomic mass is 35.5. The van der Waals surface area contributed by atoms with Crippen LogP contribution in [0.5, 0.6) is 0 Å². The van der Waals surface area contributed by atoms with Crippen molar-refractivity contribution in [2.24, 2.45) is 0 Å². The van der Waals surface area contributed by atoms with Crippen LogP contribution in [0.3, 0.4) is 0 Å². The lowest BCUT2D eigenvalue weighted by Gasteiger charge is -2.09. The van der Waals surface area contributed by atoms with E-state index >= 15 is 0 Å². The molecule has 0 radical (unpaired) electrons. The van der Waals surface area contributed by atoms with E-state index in [-0.39, 0.29) is 16.2 Å². The van der Waals surface area contributed by atoms with Crippen molar-refractivity contribution in [1.82, 2.24) is 4.57 Å². The molecule has 0 aliphatic rings. The van der Waals surface area contributed by atoms with Crippen LogP contribution in [-0.4, -0.2) is 21.6 Å². The summed E-state index contributed by atoms with van der Waals surface area (Å²) >= 11 is 11.9. The van der Waals surface area contributed by atoms with E-state index in [1.54, 1.807) is 41.1 Å². The molecule has 2 aromatic carbocycles. The summed E-state index contributed by atoms with van der Waals surface area (Å²) in [5.41, 5.74) is 1.42. The quantitative estimate of drug-likeness (QED) is 0.442. The van der Waals surface area contributed by atoms with E-state index in [1.807, 2.05) is 6.07 Å². The van der Waals surface area contributed by atoms with Gasteiger partial charge in [-0.2, -0.15) is 5.26 Å². The third-order valence-corrected chi connectivity index (χ3v) is 4.54. The molecule has 29 heavy (non-hydrogen) atoms. The van der Waals surface area contributed by atoms with Gasteiger partial charge in [-0.15, -0.1) is 0 Å². The van der Waals surface area contributed by atoms with E-state index < -0.39 is 11.9 Å². The molecule has 0 saturated heterocycles. The number of aromatic carboxylic acids is 1. The maximum Gasteiger partial charge on any atom is 0.335 e. The normalized spacial score (nSPS) is 11.0. The Balaban J connectivity index is 1.92. The molecule has 2 N–H and O–H groups in total.